The summed E-state index contributed by atoms with van der Waals surface area (Å²) in [4.78, 5) is 0. The van der Waals surface area contributed by atoms with Crippen molar-refractivity contribution >= 4 is 28.7 Å². The first-order valence-electron chi connectivity index (χ1n) is 5.89. The van der Waals surface area contributed by atoms with Crippen LogP contribution in [0.4, 0.5) is 10.1 Å². The number of hydrazone groups is 1. The molecule has 0 fully saturated rings. The first-order valence-corrected chi connectivity index (χ1v) is 6.30. The summed E-state index contributed by atoms with van der Waals surface area (Å²) in [5.74, 6) is 0.149. The summed E-state index contributed by atoms with van der Waals surface area (Å²) >= 11 is 5.09. The Morgan fingerprint density at radius 3 is 2.56 bits per heavy atom. The molecule has 0 saturated carbocycles. The molecule has 0 heterocycles. The van der Waals surface area contributed by atoms with Gasteiger partial charge in [-0.25, -0.2) is 4.39 Å². The summed E-state index contributed by atoms with van der Waals surface area (Å²) in [6, 6.07) is 5.99. The maximum atomic E-state index is 12.7. The zero-order valence-electron chi connectivity index (χ0n) is 10.8. The van der Waals surface area contributed by atoms with Crippen molar-refractivity contribution in [3.05, 3.63) is 30.1 Å². The number of hydrogen-bond donors (Lipinski definition) is 2. The number of rotatable bonds is 4. The zero-order chi connectivity index (χ0) is 13.5. The van der Waals surface area contributed by atoms with E-state index in [0.29, 0.717) is 11.0 Å². The third-order valence-corrected chi connectivity index (χ3v) is 2.95. The molecular formula is C13H18FN3S. The summed E-state index contributed by atoms with van der Waals surface area (Å²) in [5.41, 5.74) is 4.50. The van der Waals surface area contributed by atoms with Crippen LogP contribution < -0.4 is 10.7 Å². The molecule has 0 bridgehead atoms. The van der Waals surface area contributed by atoms with Gasteiger partial charge < -0.3 is 5.32 Å². The molecule has 0 aliphatic rings. The first-order chi connectivity index (χ1) is 8.52. The molecule has 0 amide bonds. The molecule has 5 heteroatoms. The maximum Gasteiger partial charge on any atom is 0.191 e. The van der Waals surface area contributed by atoms with Crippen LogP contribution in [0.25, 0.3) is 0 Å². The summed E-state index contributed by atoms with van der Waals surface area (Å²) in [6.45, 7) is 6.18. The Hall–Kier alpha value is -1.49. The number of anilines is 1. The van der Waals surface area contributed by atoms with Crippen LogP contribution >= 0.6 is 12.2 Å². The van der Waals surface area contributed by atoms with Gasteiger partial charge >= 0.3 is 0 Å². The third-order valence-electron chi connectivity index (χ3n) is 2.76. The van der Waals surface area contributed by atoms with E-state index in [-0.39, 0.29) is 5.82 Å². The molecule has 1 atom stereocenters. The molecule has 3 nitrogen and oxygen atoms in total. The fourth-order valence-corrected chi connectivity index (χ4v) is 1.40. The van der Waals surface area contributed by atoms with Crippen LogP contribution in [-0.2, 0) is 0 Å². The molecular weight excluding hydrogens is 249 g/mol. The number of benzene rings is 1. The van der Waals surface area contributed by atoms with Crippen molar-refractivity contribution in [2.75, 3.05) is 5.32 Å². The Labute approximate surface area is 112 Å². The van der Waals surface area contributed by atoms with Crippen LogP contribution in [0.3, 0.4) is 0 Å². The second-order valence-corrected chi connectivity index (χ2v) is 4.54. The Morgan fingerprint density at radius 1 is 1.39 bits per heavy atom. The van der Waals surface area contributed by atoms with Crippen molar-refractivity contribution in [2.24, 2.45) is 11.0 Å². The molecule has 0 spiro atoms. The average Bonchev–Trinajstić information content (AvgIpc) is 2.37. The Kier molecular flexibility index (Phi) is 5.71. The fourth-order valence-electron chi connectivity index (χ4n) is 1.24. The molecule has 0 saturated heterocycles. The third kappa shape index (κ3) is 4.79. The molecule has 1 aromatic rings. The van der Waals surface area contributed by atoms with E-state index in [0.717, 1.165) is 17.8 Å². The zero-order valence-corrected chi connectivity index (χ0v) is 11.6. The van der Waals surface area contributed by atoms with E-state index < -0.39 is 0 Å². The van der Waals surface area contributed by atoms with E-state index in [9.17, 15) is 4.39 Å². The van der Waals surface area contributed by atoms with Gasteiger partial charge in [-0.3, -0.25) is 5.43 Å². The van der Waals surface area contributed by atoms with Crippen molar-refractivity contribution < 1.29 is 4.39 Å². The standard InChI is InChI=1S/C13H18FN3S/c1-4-9(2)10(3)16-17-13(18)15-12-7-5-11(14)6-8-12/h5-9H,4H2,1-3H3,(H2,15,17,18)/b16-10-/t9-/m1/s1. The van der Waals surface area contributed by atoms with Crippen molar-refractivity contribution in [3.8, 4) is 0 Å². The second kappa shape index (κ2) is 7.06. The van der Waals surface area contributed by atoms with E-state index in [1.165, 1.54) is 12.1 Å². The van der Waals surface area contributed by atoms with Gasteiger partial charge in [-0.15, -0.1) is 0 Å². The van der Waals surface area contributed by atoms with Crippen LogP contribution in [0.5, 0.6) is 0 Å². The highest BCUT2D eigenvalue weighted by Gasteiger charge is 2.03. The van der Waals surface area contributed by atoms with Gasteiger partial charge in [0.1, 0.15) is 5.82 Å². The molecule has 2 N–H and O–H groups in total. The molecule has 0 unspecified atom stereocenters. The van der Waals surface area contributed by atoms with Crippen LogP contribution in [0, 0.1) is 11.7 Å². The second-order valence-electron chi connectivity index (χ2n) is 4.14. The molecule has 1 aromatic carbocycles. The Morgan fingerprint density at radius 2 is 2.00 bits per heavy atom. The minimum absolute atomic E-state index is 0.273. The molecule has 0 aromatic heterocycles. The SMILES string of the molecule is CC[C@@H](C)/C(C)=N\NC(=S)Nc1ccc(F)cc1. The maximum absolute atomic E-state index is 12.7. The lowest BCUT2D eigenvalue weighted by Crippen LogP contribution is -2.25. The molecule has 0 aliphatic heterocycles. The van der Waals surface area contributed by atoms with Gasteiger partial charge in [0.2, 0.25) is 0 Å². The lowest BCUT2D eigenvalue weighted by Gasteiger charge is -2.10. The predicted octanol–water partition coefficient (Wildman–Crippen LogP) is 3.53. The minimum atomic E-state index is -0.273. The van der Waals surface area contributed by atoms with Gasteiger partial charge in [0.25, 0.3) is 0 Å². The van der Waals surface area contributed by atoms with Crippen LogP contribution in [0.1, 0.15) is 27.2 Å². The normalized spacial score (nSPS) is 13.0. The molecule has 1 rings (SSSR count). The molecule has 0 aliphatic carbocycles. The quantitative estimate of drug-likeness (QED) is 0.498. The van der Waals surface area contributed by atoms with Crippen LogP contribution in [0.15, 0.2) is 29.4 Å². The summed E-state index contributed by atoms with van der Waals surface area (Å²) in [5, 5.41) is 7.52. The van der Waals surface area contributed by atoms with Gasteiger partial charge in [-0.05, 0) is 55.7 Å². The topological polar surface area (TPSA) is 36.4 Å². The Bertz CT molecular complexity index is 428. The Balaban J connectivity index is 2.49. The van der Waals surface area contributed by atoms with Crippen LogP contribution in [0.2, 0.25) is 0 Å². The number of halogens is 1. The van der Waals surface area contributed by atoms with Gasteiger partial charge in [-0.2, -0.15) is 5.10 Å². The van der Waals surface area contributed by atoms with Gasteiger partial charge in [0, 0.05) is 11.4 Å². The summed E-state index contributed by atoms with van der Waals surface area (Å²) in [7, 11) is 0. The first kappa shape index (κ1) is 14.6. The monoisotopic (exact) mass is 267 g/mol. The average molecular weight is 267 g/mol. The number of nitrogens with zero attached hydrogens (tertiary/aromatic N) is 1. The minimum Gasteiger partial charge on any atom is -0.331 e. The highest BCUT2D eigenvalue weighted by molar-refractivity contribution is 7.80. The number of nitrogens with one attached hydrogen (secondary N) is 2. The van der Waals surface area contributed by atoms with E-state index in [1.807, 2.05) is 6.92 Å². The summed E-state index contributed by atoms with van der Waals surface area (Å²) in [6.07, 6.45) is 1.04. The molecule has 98 valence electrons. The van der Waals surface area contributed by atoms with Crippen molar-refractivity contribution in [1.29, 1.82) is 0 Å². The lowest BCUT2D eigenvalue weighted by molar-refractivity contribution is 0.628. The molecule has 18 heavy (non-hydrogen) atoms. The lowest BCUT2D eigenvalue weighted by atomic mass is 10.1. The van der Waals surface area contributed by atoms with E-state index in [4.69, 9.17) is 12.2 Å². The molecule has 0 radical (unpaired) electrons. The van der Waals surface area contributed by atoms with E-state index in [2.05, 4.69) is 29.7 Å². The summed E-state index contributed by atoms with van der Waals surface area (Å²) < 4.78 is 12.7. The van der Waals surface area contributed by atoms with Crippen LogP contribution in [-0.4, -0.2) is 10.8 Å². The van der Waals surface area contributed by atoms with Crippen molar-refractivity contribution in [1.82, 2.24) is 5.43 Å². The van der Waals surface area contributed by atoms with Gasteiger partial charge in [0.05, 0.1) is 0 Å². The number of hydrogen-bond acceptors (Lipinski definition) is 2. The largest absolute Gasteiger partial charge is 0.331 e. The fraction of sp³-hybridized carbons (Fsp3) is 0.385. The van der Waals surface area contributed by atoms with Gasteiger partial charge in [-0.1, -0.05) is 13.8 Å². The smallest absolute Gasteiger partial charge is 0.191 e. The van der Waals surface area contributed by atoms with Crippen molar-refractivity contribution in [3.63, 3.8) is 0 Å². The highest BCUT2D eigenvalue weighted by atomic mass is 32.1. The van der Waals surface area contributed by atoms with E-state index in [1.54, 1.807) is 12.1 Å². The van der Waals surface area contributed by atoms with E-state index >= 15 is 0 Å². The van der Waals surface area contributed by atoms with Crippen molar-refractivity contribution in [2.45, 2.75) is 27.2 Å². The predicted molar refractivity (Wildman–Crippen MR) is 78.3 cm³/mol. The highest BCUT2D eigenvalue weighted by Crippen LogP contribution is 2.08. The number of thiocarbonyl (C=S) groups is 1. The van der Waals surface area contributed by atoms with Gasteiger partial charge in [0.15, 0.2) is 5.11 Å².